The third-order valence-electron chi connectivity index (χ3n) is 6.02. The Kier molecular flexibility index (Phi) is 5.13. The quantitative estimate of drug-likeness (QED) is 0.611. The van der Waals surface area contributed by atoms with Gasteiger partial charge in [0.1, 0.15) is 5.00 Å². The first kappa shape index (κ1) is 19.4. The van der Waals surface area contributed by atoms with Crippen molar-refractivity contribution >= 4 is 28.1 Å². The first-order valence-corrected chi connectivity index (χ1v) is 10.9. The molecule has 3 aromatic heterocycles. The minimum absolute atomic E-state index is 0.0616. The van der Waals surface area contributed by atoms with E-state index >= 15 is 0 Å². The molecular formula is C19H23F2N7OS. The van der Waals surface area contributed by atoms with Crippen LogP contribution in [0.3, 0.4) is 0 Å². The van der Waals surface area contributed by atoms with Crippen molar-refractivity contribution < 1.29 is 13.5 Å². The average Bonchev–Trinajstić information content (AvgIpc) is 3.40. The van der Waals surface area contributed by atoms with Crippen LogP contribution in [-0.2, 0) is 0 Å². The van der Waals surface area contributed by atoms with Crippen molar-refractivity contribution in [2.24, 2.45) is 17.8 Å². The molecule has 3 aromatic rings. The summed E-state index contributed by atoms with van der Waals surface area (Å²) in [5.74, 6) is 2.34. The van der Waals surface area contributed by atoms with Gasteiger partial charge in [-0.15, -0.1) is 5.10 Å². The maximum Gasteiger partial charge on any atom is 0.272 e. The number of aryl methyl sites for hydroxylation is 1. The SMILES string of the molecule is Cc1cc(N2CC3CC[C@@H](C2)C3CNc2nc3c(OCC(F)F)nccn3n2)sn1. The number of piperidine rings is 1. The molecule has 30 heavy (non-hydrogen) atoms. The number of halogens is 2. The fourth-order valence-electron chi connectivity index (χ4n) is 4.67. The highest BCUT2D eigenvalue weighted by molar-refractivity contribution is 7.10. The van der Waals surface area contributed by atoms with E-state index in [1.165, 1.54) is 28.6 Å². The molecule has 2 aliphatic rings. The molecule has 4 heterocycles. The molecule has 1 saturated heterocycles. The third-order valence-corrected chi connectivity index (χ3v) is 6.96. The first-order chi connectivity index (χ1) is 14.6. The smallest absolute Gasteiger partial charge is 0.272 e. The van der Waals surface area contributed by atoms with Gasteiger partial charge in [0.2, 0.25) is 11.6 Å². The van der Waals surface area contributed by atoms with E-state index in [0.717, 1.165) is 25.3 Å². The van der Waals surface area contributed by atoms with Crippen LogP contribution in [0.1, 0.15) is 18.5 Å². The van der Waals surface area contributed by atoms with Crippen LogP contribution in [0.5, 0.6) is 5.88 Å². The van der Waals surface area contributed by atoms with E-state index in [0.29, 0.717) is 29.3 Å². The maximum absolute atomic E-state index is 12.5. The lowest BCUT2D eigenvalue weighted by atomic mass is 9.85. The van der Waals surface area contributed by atoms with Crippen molar-refractivity contribution in [1.29, 1.82) is 0 Å². The van der Waals surface area contributed by atoms with Crippen LogP contribution in [0, 0.1) is 24.7 Å². The minimum Gasteiger partial charge on any atom is -0.469 e. The molecule has 8 nitrogen and oxygen atoms in total. The highest BCUT2D eigenvalue weighted by Gasteiger charge is 2.42. The van der Waals surface area contributed by atoms with E-state index in [9.17, 15) is 8.78 Å². The summed E-state index contributed by atoms with van der Waals surface area (Å²) in [5.41, 5.74) is 1.41. The molecular weight excluding hydrogens is 412 g/mol. The first-order valence-electron chi connectivity index (χ1n) is 10.1. The van der Waals surface area contributed by atoms with Gasteiger partial charge < -0.3 is 15.0 Å². The van der Waals surface area contributed by atoms with Crippen molar-refractivity contribution in [3.8, 4) is 5.88 Å². The van der Waals surface area contributed by atoms with Gasteiger partial charge in [-0.2, -0.15) is 9.36 Å². The second kappa shape index (κ2) is 7.93. The topological polar surface area (TPSA) is 80.5 Å². The lowest BCUT2D eigenvalue weighted by Crippen LogP contribution is -2.44. The Labute approximate surface area is 176 Å². The summed E-state index contributed by atoms with van der Waals surface area (Å²) in [6.45, 7) is 4.22. The van der Waals surface area contributed by atoms with E-state index in [2.05, 4.69) is 35.7 Å². The zero-order valence-corrected chi connectivity index (χ0v) is 17.4. The molecule has 0 spiro atoms. The summed E-state index contributed by atoms with van der Waals surface area (Å²) in [6.07, 6.45) is 2.99. The number of fused-ring (bicyclic) bond motifs is 3. The molecule has 2 fully saturated rings. The van der Waals surface area contributed by atoms with Gasteiger partial charge in [-0.05, 0) is 55.1 Å². The van der Waals surface area contributed by atoms with Gasteiger partial charge in [0, 0.05) is 32.0 Å². The number of nitrogens with one attached hydrogen (secondary N) is 1. The summed E-state index contributed by atoms with van der Waals surface area (Å²) in [7, 11) is 0. The molecule has 0 radical (unpaired) electrons. The summed E-state index contributed by atoms with van der Waals surface area (Å²) in [6, 6.07) is 2.17. The summed E-state index contributed by atoms with van der Waals surface area (Å²) in [5, 5.41) is 9.01. The Bertz CT molecular complexity index is 1010. The lowest BCUT2D eigenvalue weighted by molar-refractivity contribution is 0.0801. The normalized spacial score (nSPS) is 23.5. The second-order valence-electron chi connectivity index (χ2n) is 7.99. The van der Waals surface area contributed by atoms with E-state index < -0.39 is 13.0 Å². The van der Waals surface area contributed by atoms with Crippen LogP contribution in [0.25, 0.3) is 5.65 Å². The molecule has 0 amide bonds. The number of aromatic nitrogens is 5. The molecule has 160 valence electrons. The van der Waals surface area contributed by atoms with Crippen LogP contribution >= 0.6 is 11.5 Å². The Morgan fingerprint density at radius 2 is 2.10 bits per heavy atom. The predicted octanol–water partition coefficient (Wildman–Crippen LogP) is 3.11. The summed E-state index contributed by atoms with van der Waals surface area (Å²) in [4.78, 5) is 10.9. The number of anilines is 2. The summed E-state index contributed by atoms with van der Waals surface area (Å²) < 4.78 is 35.9. The molecule has 0 aromatic carbocycles. The number of alkyl halides is 2. The molecule has 3 atom stereocenters. The van der Waals surface area contributed by atoms with E-state index in [4.69, 9.17) is 4.74 Å². The molecule has 2 bridgehead atoms. The highest BCUT2D eigenvalue weighted by Crippen LogP contribution is 2.43. The zero-order valence-electron chi connectivity index (χ0n) is 16.5. The zero-order chi connectivity index (χ0) is 20.7. The second-order valence-corrected chi connectivity index (χ2v) is 8.78. The van der Waals surface area contributed by atoms with Crippen LogP contribution < -0.4 is 15.0 Å². The monoisotopic (exact) mass is 435 g/mol. The van der Waals surface area contributed by atoms with Gasteiger partial charge in [-0.1, -0.05) is 0 Å². The largest absolute Gasteiger partial charge is 0.469 e. The van der Waals surface area contributed by atoms with Gasteiger partial charge in [-0.25, -0.2) is 18.3 Å². The van der Waals surface area contributed by atoms with E-state index in [1.54, 1.807) is 17.7 Å². The molecule has 11 heteroatoms. The van der Waals surface area contributed by atoms with Gasteiger partial charge >= 0.3 is 0 Å². The molecule has 1 saturated carbocycles. The highest BCUT2D eigenvalue weighted by atomic mass is 32.1. The molecule has 1 aliphatic carbocycles. The lowest BCUT2D eigenvalue weighted by Gasteiger charge is -2.38. The molecule has 1 N–H and O–H groups in total. The maximum atomic E-state index is 12.5. The van der Waals surface area contributed by atoms with Gasteiger partial charge in [0.25, 0.3) is 12.3 Å². The van der Waals surface area contributed by atoms with Crippen LogP contribution in [0.2, 0.25) is 0 Å². The number of hydrogen-bond acceptors (Lipinski definition) is 8. The van der Waals surface area contributed by atoms with Crippen molar-refractivity contribution in [3.05, 3.63) is 24.2 Å². The number of nitrogens with zero attached hydrogens (tertiary/aromatic N) is 6. The van der Waals surface area contributed by atoms with Crippen LogP contribution in [-0.4, -0.2) is 56.6 Å². The van der Waals surface area contributed by atoms with Gasteiger partial charge in [-0.3, -0.25) is 0 Å². The van der Waals surface area contributed by atoms with Crippen molar-refractivity contribution in [1.82, 2.24) is 24.0 Å². The number of hydrogen-bond donors (Lipinski definition) is 1. The third kappa shape index (κ3) is 3.78. The number of rotatable bonds is 7. The molecule has 2 unspecified atom stereocenters. The van der Waals surface area contributed by atoms with E-state index in [-0.39, 0.29) is 5.88 Å². The standard InChI is InChI=1S/C19H23F2N7OS/c1-11-6-16(30-26-11)27-8-12-2-3-13(9-27)14(12)7-23-19-24-17-18(29-10-15(20)21)22-4-5-28(17)25-19/h4-6,12-15H,2-3,7-10H2,1H3,(H,23,25)/t12-,13?,14?/m0/s1. The Balaban J connectivity index is 1.24. The molecule has 1 aliphatic heterocycles. The van der Waals surface area contributed by atoms with Gasteiger partial charge in [0.05, 0.1) is 5.69 Å². The summed E-state index contributed by atoms with van der Waals surface area (Å²) >= 11 is 1.58. The van der Waals surface area contributed by atoms with E-state index in [1.807, 2.05) is 6.92 Å². The Morgan fingerprint density at radius 3 is 2.80 bits per heavy atom. The Hall–Kier alpha value is -2.56. The Morgan fingerprint density at radius 1 is 1.30 bits per heavy atom. The molecule has 5 rings (SSSR count). The average molecular weight is 436 g/mol. The minimum atomic E-state index is -2.57. The van der Waals surface area contributed by atoms with Crippen LogP contribution in [0.15, 0.2) is 18.5 Å². The number of ether oxygens (including phenoxy) is 1. The van der Waals surface area contributed by atoms with Crippen LogP contribution in [0.4, 0.5) is 19.7 Å². The van der Waals surface area contributed by atoms with Crippen molar-refractivity contribution in [3.63, 3.8) is 0 Å². The predicted molar refractivity (Wildman–Crippen MR) is 110 cm³/mol. The van der Waals surface area contributed by atoms with Crippen molar-refractivity contribution in [2.45, 2.75) is 26.2 Å². The van der Waals surface area contributed by atoms with Crippen molar-refractivity contribution in [2.75, 3.05) is 36.5 Å². The fourth-order valence-corrected chi connectivity index (χ4v) is 5.45. The fraction of sp³-hybridized carbons (Fsp3) is 0.579. The van der Waals surface area contributed by atoms with Gasteiger partial charge in [0.15, 0.2) is 6.61 Å².